The molecule has 0 aliphatic carbocycles. The molecule has 0 radical (unpaired) electrons. The maximum Gasteiger partial charge on any atom is 0.417 e. The lowest BCUT2D eigenvalue weighted by Crippen LogP contribution is -2.08. The van der Waals surface area contributed by atoms with Crippen LogP contribution >= 0.6 is 0 Å². The molecule has 0 aliphatic rings. The van der Waals surface area contributed by atoms with Crippen LogP contribution in [0.4, 0.5) is 22.0 Å². The maximum atomic E-state index is 12.3. The fraction of sp³-hybridized carbons (Fsp3) is 0.222. The lowest BCUT2D eigenvalue weighted by molar-refractivity contribution is -0.137. The fourth-order valence-corrected chi connectivity index (χ4v) is 1.03. The normalized spacial score (nSPS) is 11.5. The van der Waals surface area contributed by atoms with Crippen LogP contribution in [0.3, 0.4) is 0 Å². The molecule has 0 amide bonds. The predicted octanol–water partition coefficient (Wildman–Crippen LogP) is 3.51. The third-order valence-corrected chi connectivity index (χ3v) is 1.72. The van der Waals surface area contributed by atoms with Gasteiger partial charge in [-0.1, -0.05) is 6.07 Å². The topological polar surface area (TPSA) is 23.8 Å². The van der Waals surface area contributed by atoms with Crippen molar-refractivity contribution in [1.29, 1.82) is 5.26 Å². The smallest absolute Gasteiger partial charge is 0.205 e. The second-order valence-electron chi connectivity index (χ2n) is 2.72. The summed E-state index contributed by atoms with van der Waals surface area (Å²) in [5, 5.41) is 8.37. The van der Waals surface area contributed by atoms with Crippen molar-refractivity contribution >= 4 is 0 Å². The summed E-state index contributed by atoms with van der Waals surface area (Å²) in [6.45, 7) is 0. The molecule has 0 N–H and O–H groups in total. The standard InChI is InChI=1S/C9H4F5N/c10-8(11)5-1-2-6(4-15)7(3-5)9(12,13)14/h1-3,8H. The second kappa shape index (κ2) is 3.85. The van der Waals surface area contributed by atoms with E-state index >= 15 is 0 Å². The third kappa shape index (κ3) is 2.43. The molecule has 0 unspecified atom stereocenters. The largest absolute Gasteiger partial charge is 0.417 e. The van der Waals surface area contributed by atoms with E-state index in [1.165, 1.54) is 6.07 Å². The van der Waals surface area contributed by atoms with E-state index in [-0.39, 0.29) is 0 Å². The molecule has 0 atom stereocenters. The Labute approximate surface area is 81.7 Å². The summed E-state index contributed by atoms with van der Waals surface area (Å²) in [5.41, 5.74) is -2.74. The number of halogens is 5. The van der Waals surface area contributed by atoms with E-state index in [2.05, 4.69) is 0 Å². The zero-order chi connectivity index (χ0) is 11.6. The Balaban J connectivity index is 3.34. The van der Waals surface area contributed by atoms with Gasteiger partial charge in [-0.2, -0.15) is 18.4 Å². The highest BCUT2D eigenvalue weighted by atomic mass is 19.4. The molecular formula is C9H4F5N. The van der Waals surface area contributed by atoms with Crippen LogP contribution in [0.15, 0.2) is 18.2 Å². The van der Waals surface area contributed by atoms with Crippen LogP contribution in [0.5, 0.6) is 0 Å². The zero-order valence-corrected chi connectivity index (χ0v) is 7.15. The maximum absolute atomic E-state index is 12.3. The fourth-order valence-electron chi connectivity index (χ4n) is 1.03. The summed E-state index contributed by atoms with van der Waals surface area (Å²) >= 11 is 0. The van der Waals surface area contributed by atoms with Gasteiger partial charge in [0.2, 0.25) is 0 Å². The second-order valence-corrected chi connectivity index (χ2v) is 2.72. The number of nitrogens with zero attached hydrogens (tertiary/aromatic N) is 1. The Bertz CT molecular complexity index is 402. The van der Waals surface area contributed by atoms with Crippen molar-refractivity contribution in [3.8, 4) is 6.07 Å². The van der Waals surface area contributed by atoms with Gasteiger partial charge in [-0.05, 0) is 12.1 Å². The molecule has 0 spiro atoms. The highest BCUT2D eigenvalue weighted by molar-refractivity contribution is 5.42. The van der Waals surface area contributed by atoms with Crippen LogP contribution in [0.25, 0.3) is 0 Å². The van der Waals surface area contributed by atoms with E-state index in [9.17, 15) is 22.0 Å². The zero-order valence-electron chi connectivity index (χ0n) is 7.15. The van der Waals surface area contributed by atoms with Gasteiger partial charge in [0, 0.05) is 5.56 Å². The number of hydrogen-bond donors (Lipinski definition) is 0. The van der Waals surface area contributed by atoms with E-state index in [1.54, 1.807) is 0 Å². The molecule has 0 aromatic heterocycles. The van der Waals surface area contributed by atoms with Crippen molar-refractivity contribution in [3.63, 3.8) is 0 Å². The Morgan fingerprint density at radius 2 is 1.80 bits per heavy atom. The van der Waals surface area contributed by atoms with E-state index < -0.39 is 29.3 Å². The van der Waals surface area contributed by atoms with Gasteiger partial charge in [-0.15, -0.1) is 0 Å². The van der Waals surface area contributed by atoms with Crippen LogP contribution < -0.4 is 0 Å². The van der Waals surface area contributed by atoms with Crippen molar-refractivity contribution in [2.24, 2.45) is 0 Å². The van der Waals surface area contributed by atoms with E-state index in [0.717, 1.165) is 12.1 Å². The minimum absolute atomic E-state index is 0.295. The van der Waals surface area contributed by atoms with Gasteiger partial charge < -0.3 is 0 Å². The van der Waals surface area contributed by atoms with Gasteiger partial charge in [0.25, 0.3) is 6.43 Å². The summed E-state index contributed by atoms with van der Waals surface area (Å²) in [6.07, 6.45) is -7.78. The summed E-state index contributed by atoms with van der Waals surface area (Å²) in [5.74, 6) is 0. The number of hydrogen-bond acceptors (Lipinski definition) is 1. The van der Waals surface area contributed by atoms with Crippen LogP contribution in [0.2, 0.25) is 0 Å². The summed E-state index contributed by atoms with van der Waals surface area (Å²) in [6, 6.07) is 3.14. The molecule has 80 valence electrons. The highest BCUT2D eigenvalue weighted by Crippen LogP contribution is 2.34. The molecule has 0 aliphatic heterocycles. The monoisotopic (exact) mass is 221 g/mol. The molecule has 1 aromatic carbocycles. The molecule has 0 saturated heterocycles. The summed E-state index contributed by atoms with van der Waals surface area (Å²) in [7, 11) is 0. The minimum atomic E-state index is -4.80. The average Bonchev–Trinajstić information content (AvgIpc) is 2.15. The Kier molecular flexibility index (Phi) is 2.93. The Morgan fingerprint density at radius 3 is 2.20 bits per heavy atom. The molecule has 15 heavy (non-hydrogen) atoms. The molecule has 6 heteroatoms. The molecule has 0 saturated carbocycles. The Morgan fingerprint density at radius 1 is 1.20 bits per heavy atom. The number of rotatable bonds is 1. The van der Waals surface area contributed by atoms with Gasteiger partial charge in [0.05, 0.1) is 17.2 Å². The summed E-state index contributed by atoms with van der Waals surface area (Å²) < 4.78 is 61.1. The molecule has 1 nitrogen and oxygen atoms in total. The highest BCUT2D eigenvalue weighted by Gasteiger charge is 2.34. The van der Waals surface area contributed by atoms with Crippen LogP contribution in [-0.4, -0.2) is 0 Å². The molecule has 1 rings (SSSR count). The quantitative estimate of drug-likeness (QED) is 0.665. The first-order chi connectivity index (χ1) is 6.86. The first-order valence-corrected chi connectivity index (χ1v) is 3.75. The minimum Gasteiger partial charge on any atom is -0.205 e. The van der Waals surface area contributed by atoms with Gasteiger partial charge in [0.1, 0.15) is 0 Å². The van der Waals surface area contributed by atoms with Gasteiger partial charge in [0.15, 0.2) is 0 Å². The van der Waals surface area contributed by atoms with Gasteiger partial charge in [-0.3, -0.25) is 0 Å². The third-order valence-electron chi connectivity index (χ3n) is 1.72. The average molecular weight is 221 g/mol. The lowest BCUT2D eigenvalue weighted by Gasteiger charge is -2.10. The lowest BCUT2D eigenvalue weighted by atomic mass is 10.0. The van der Waals surface area contributed by atoms with Gasteiger partial charge in [-0.25, -0.2) is 8.78 Å². The van der Waals surface area contributed by atoms with Crippen molar-refractivity contribution in [3.05, 3.63) is 34.9 Å². The number of nitriles is 1. The number of benzene rings is 1. The van der Waals surface area contributed by atoms with E-state index in [4.69, 9.17) is 5.26 Å². The van der Waals surface area contributed by atoms with E-state index in [1.807, 2.05) is 0 Å². The summed E-state index contributed by atoms with van der Waals surface area (Å²) in [4.78, 5) is 0. The molecule has 0 heterocycles. The molecule has 0 bridgehead atoms. The van der Waals surface area contributed by atoms with Gasteiger partial charge >= 0.3 is 6.18 Å². The molecular weight excluding hydrogens is 217 g/mol. The SMILES string of the molecule is N#Cc1ccc(C(F)F)cc1C(F)(F)F. The van der Waals surface area contributed by atoms with Crippen molar-refractivity contribution in [2.75, 3.05) is 0 Å². The van der Waals surface area contributed by atoms with Crippen molar-refractivity contribution in [2.45, 2.75) is 12.6 Å². The first-order valence-electron chi connectivity index (χ1n) is 3.75. The first kappa shape index (κ1) is 11.4. The van der Waals surface area contributed by atoms with Crippen molar-refractivity contribution in [1.82, 2.24) is 0 Å². The van der Waals surface area contributed by atoms with E-state index in [0.29, 0.717) is 6.07 Å². The van der Waals surface area contributed by atoms with Crippen LogP contribution in [0.1, 0.15) is 23.1 Å². The Hall–Kier alpha value is -1.64. The number of alkyl halides is 5. The predicted molar refractivity (Wildman–Crippen MR) is 41.1 cm³/mol. The van der Waals surface area contributed by atoms with Crippen molar-refractivity contribution < 1.29 is 22.0 Å². The van der Waals surface area contributed by atoms with Crippen LogP contribution in [0, 0.1) is 11.3 Å². The van der Waals surface area contributed by atoms with Crippen LogP contribution in [-0.2, 0) is 6.18 Å². The molecule has 1 aromatic rings. The molecule has 0 fully saturated rings.